The van der Waals surface area contributed by atoms with Gasteiger partial charge in [0.05, 0.1) is 0 Å². The Morgan fingerprint density at radius 1 is 1.38 bits per heavy atom. The molecule has 1 aliphatic carbocycles. The first-order chi connectivity index (χ1) is 7.54. The lowest BCUT2D eigenvalue weighted by Gasteiger charge is -2.38. The molecule has 3 heteroatoms. The highest BCUT2D eigenvalue weighted by Crippen LogP contribution is 2.33. The molecule has 0 radical (unpaired) electrons. The Kier molecular flexibility index (Phi) is 5.53. The molecule has 0 aromatic carbocycles. The van der Waals surface area contributed by atoms with Gasteiger partial charge in [-0.2, -0.15) is 0 Å². The number of thiocarbonyl (C=S) groups is 1. The first-order valence-electron chi connectivity index (χ1n) is 6.59. The van der Waals surface area contributed by atoms with E-state index in [1.807, 2.05) is 0 Å². The fraction of sp³-hybridized carbons (Fsp3) is 0.923. The Morgan fingerprint density at radius 2 is 2.06 bits per heavy atom. The molecule has 1 saturated carbocycles. The third-order valence-corrected chi connectivity index (χ3v) is 3.94. The third-order valence-electron chi connectivity index (χ3n) is 3.68. The van der Waals surface area contributed by atoms with Crippen molar-refractivity contribution in [1.82, 2.24) is 10.6 Å². The van der Waals surface area contributed by atoms with Crippen LogP contribution in [0.15, 0.2) is 0 Å². The summed E-state index contributed by atoms with van der Waals surface area (Å²) >= 11 is 5.29. The Labute approximate surface area is 106 Å². The molecule has 0 bridgehead atoms. The van der Waals surface area contributed by atoms with Gasteiger partial charge < -0.3 is 10.6 Å². The summed E-state index contributed by atoms with van der Waals surface area (Å²) in [5.41, 5.74) is 0. The number of rotatable bonds is 3. The second-order valence-electron chi connectivity index (χ2n) is 5.44. The van der Waals surface area contributed by atoms with Crippen molar-refractivity contribution in [1.29, 1.82) is 0 Å². The van der Waals surface area contributed by atoms with Gasteiger partial charge in [0, 0.05) is 12.6 Å². The van der Waals surface area contributed by atoms with Gasteiger partial charge in [0.15, 0.2) is 5.11 Å². The van der Waals surface area contributed by atoms with E-state index in [-0.39, 0.29) is 0 Å². The zero-order chi connectivity index (χ0) is 12.1. The minimum absolute atomic E-state index is 0.565. The Hall–Kier alpha value is -0.310. The van der Waals surface area contributed by atoms with Crippen molar-refractivity contribution >= 4 is 17.3 Å². The highest BCUT2D eigenvalue weighted by molar-refractivity contribution is 7.80. The first kappa shape index (κ1) is 13.8. The van der Waals surface area contributed by atoms with Gasteiger partial charge in [-0.15, -0.1) is 0 Å². The topological polar surface area (TPSA) is 24.1 Å². The van der Waals surface area contributed by atoms with Crippen LogP contribution in [-0.4, -0.2) is 17.7 Å². The lowest BCUT2D eigenvalue weighted by molar-refractivity contribution is 0.185. The summed E-state index contributed by atoms with van der Waals surface area (Å²) in [4.78, 5) is 0. The zero-order valence-corrected chi connectivity index (χ0v) is 11.9. The molecule has 0 aromatic rings. The maximum absolute atomic E-state index is 5.29. The van der Waals surface area contributed by atoms with Gasteiger partial charge >= 0.3 is 0 Å². The predicted molar refractivity (Wildman–Crippen MR) is 74.5 cm³/mol. The van der Waals surface area contributed by atoms with Crippen LogP contribution in [0.5, 0.6) is 0 Å². The molecule has 94 valence electrons. The third kappa shape index (κ3) is 3.93. The van der Waals surface area contributed by atoms with Crippen molar-refractivity contribution in [3.63, 3.8) is 0 Å². The normalized spacial score (nSPS) is 30.2. The molecule has 0 aromatic heterocycles. The van der Waals surface area contributed by atoms with Crippen LogP contribution in [0.3, 0.4) is 0 Å². The highest BCUT2D eigenvalue weighted by Gasteiger charge is 2.30. The second-order valence-corrected chi connectivity index (χ2v) is 5.84. The lowest BCUT2D eigenvalue weighted by atomic mass is 9.74. The number of hydrogen-bond acceptors (Lipinski definition) is 1. The molecule has 0 amide bonds. The van der Waals surface area contributed by atoms with E-state index in [1.165, 1.54) is 19.3 Å². The van der Waals surface area contributed by atoms with Crippen LogP contribution in [0.25, 0.3) is 0 Å². The molecule has 0 unspecified atom stereocenters. The molecule has 0 heterocycles. The Morgan fingerprint density at radius 3 is 2.62 bits per heavy atom. The van der Waals surface area contributed by atoms with E-state index in [9.17, 15) is 0 Å². The minimum atomic E-state index is 0.565. The molecule has 0 aliphatic heterocycles. The monoisotopic (exact) mass is 242 g/mol. The zero-order valence-electron chi connectivity index (χ0n) is 11.0. The standard InChI is InChI=1S/C13H26N2S/c1-5-14-13(16)15-12-8-10(4)6-7-11(12)9(2)3/h9-12H,5-8H2,1-4H3,(H2,14,15,16)/t10-,11+,12+/m1/s1. The molecule has 16 heavy (non-hydrogen) atoms. The SMILES string of the molecule is CCNC(=S)N[C@H]1C[C@H](C)CC[C@H]1C(C)C. The second kappa shape index (κ2) is 6.43. The van der Waals surface area contributed by atoms with E-state index < -0.39 is 0 Å². The van der Waals surface area contributed by atoms with E-state index in [2.05, 4.69) is 38.3 Å². The van der Waals surface area contributed by atoms with Gasteiger partial charge in [0.1, 0.15) is 0 Å². The van der Waals surface area contributed by atoms with Crippen LogP contribution >= 0.6 is 12.2 Å². The van der Waals surface area contributed by atoms with E-state index in [1.54, 1.807) is 0 Å². The Bertz CT molecular complexity index is 228. The summed E-state index contributed by atoms with van der Waals surface area (Å²) in [5, 5.41) is 7.52. The van der Waals surface area contributed by atoms with Gasteiger partial charge in [0.2, 0.25) is 0 Å². The molecule has 1 aliphatic rings. The quantitative estimate of drug-likeness (QED) is 0.744. The van der Waals surface area contributed by atoms with Gasteiger partial charge in [-0.1, -0.05) is 27.2 Å². The smallest absolute Gasteiger partial charge is 0.166 e. The van der Waals surface area contributed by atoms with Crippen LogP contribution in [0.4, 0.5) is 0 Å². The van der Waals surface area contributed by atoms with E-state index in [0.717, 1.165) is 29.4 Å². The number of nitrogens with one attached hydrogen (secondary N) is 2. The van der Waals surface area contributed by atoms with E-state index >= 15 is 0 Å². The molecular formula is C13H26N2S. The van der Waals surface area contributed by atoms with E-state index in [0.29, 0.717) is 6.04 Å². The number of hydrogen-bond donors (Lipinski definition) is 2. The molecule has 1 fully saturated rings. The molecule has 2 nitrogen and oxygen atoms in total. The van der Waals surface area contributed by atoms with Crippen molar-refractivity contribution in [2.45, 2.75) is 53.0 Å². The molecule has 2 N–H and O–H groups in total. The molecule has 0 saturated heterocycles. The van der Waals surface area contributed by atoms with Gasteiger partial charge in [-0.05, 0) is 49.7 Å². The summed E-state index contributed by atoms with van der Waals surface area (Å²) in [6, 6.07) is 0.565. The summed E-state index contributed by atoms with van der Waals surface area (Å²) in [6.07, 6.45) is 3.97. The minimum Gasteiger partial charge on any atom is -0.363 e. The maximum atomic E-state index is 5.29. The van der Waals surface area contributed by atoms with Crippen molar-refractivity contribution in [3.05, 3.63) is 0 Å². The van der Waals surface area contributed by atoms with Crippen molar-refractivity contribution in [2.24, 2.45) is 17.8 Å². The van der Waals surface area contributed by atoms with Crippen LogP contribution in [0.2, 0.25) is 0 Å². The van der Waals surface area contributed by atoms with Crippen LogP contribution < -0.4 is 10.6 Å². The van der Waals surface area contributed by atoms with Gasteiger partial charge in [-0.25, -0.2) is 0 Å². The van der Waals surface area contributed by atoms with Crippen molar-refractivity contribution in [3.8, 4) is 0 Å². The van der Waals surface area contributed by atoms with Gasteiger partial charge in [0.25, 0.3) is 0 Å². The summed E-state index contributed by atoms with van der Waals surface area (Å²) in [5.74, 6) is 2.35. The average molecular weight is 242 g/mol. The van der Waals surface area contributed by atoms with Crippen molar-refractivity contribution in [2.75, 3.05) is 6.54 Å². The summed E-state index contributed by atoms with van der Waals surface area (Å²) in [7, 11) is 0. The fourth-order valence-corrected chi connectivity index (χ4v) is 3.04. The Balaban J connectivity index is 2.54. The summed E-state index contributed by atoms with van der Waals surface area (Å²) in [6.45, 7) is 9.98. The molecule has 3 atom stereocenters. The van der Waals surface area contributed by atoms with Gasteiger partial charge in [-0.3, -0.25) is 0 Å². The summed E-state index contributed by atoms with van der Waals surface area (Å²) < 4.78 is 0. The largest absolute Gasteiger partial charge is 0.363 e. The van der Waals surface area contributed by atoms with E-state index in [4.69, 9.17) is 12.2 Å². The molecule has 0 spiro atoms. The molecular weight excluding hydrogens is 216 g/mol. The molecule has 1 rings (SSSR count). The van der Waals surface area contributed by atoms with Crippen molar-refractivity contribution < 1.29 is 0 Å². The maximum Gasteiger partial charge on any atom is 0.166 e. The first-order valence-corrected chi connectivity index (χ1v) is 6.99. The lowest BCUT2D eigenvalue weighted by Crippen LogP contribution is -2.49. The fourth-order valence-electron chi connectivity index (χ4n) is 2.75. The van der Waals surface area contributed by atoms with Crippen LogP contribution in [0.1, 0.15) is 47.0 Å². The predicted octanol–water partition coefficient (Wildman–Crippen LogP) is 2.93. The highest BCUT2D eigenvalue weighted by atomic mass is 32.1. The van der Waals surface area contributed by atoms with Crippen LogP contribution in [0, 0.1) is 17.8 Å². The average Bonchev–Trinajstić information content (AvgIpc) is 2.17. The van der Waals surface area contributed by atoms with Crippen LogP contribution in [-0.2, 0) is 0 Å².